The Morgan fingerprint density at radius 2 is 1.74 bits per heavy atom. The van der Waals surface area contributed by atoms with Gasteiger partial charge in [0.2, 0.25) is 0 Å². The Kier molecular flexibility index (Phi) is 6.24. The molecule has 4 nitrogen and oxygen atoms in total. The lowest BCUT2D eigenvalue weighted by Crippen LogP contribution is -2.54. The van der Waals surface area contributed by atoms with Crippen molar-refractivity contribution < 1.29 is 19.4 Å². The number of benzene rings is 1. The summed E-state index contributed by atoms with van der Waals surface area (Å²) in [7, 11) is 0. The Morgan fingerprint density at radius 3 is 2.43 bits per heavy atom. The molecule has 4 aliphatic rings. The summed E-state index contributed by atoms with van der Waals surface area (Å²) < 4.78 is 11.7. The second-order valence-electron chi connectivity index (χ2n) is 12.6. The van der Waals surface area contributed by atoms with Gasteiger partial charge in [0, 0.05) is 18.3 Å². The van der Waals surface area contributed by atoms with E-state index in [2.05, 4.69) is 26.8 Å². The van der Waals surface area contributed by atoms with Crippen molar-refractivity contribution in [1.82, 2.24) is 0 Å². The minimum atomic E-state index is -1.10. The molecule has 1 aromatic carbocycles. The van der Waals surface area contributed by atoms with Gasteiger partial charge < -0.3 is 14.6 Å². The predicted molar refractivity (Wildman–Crippen MR) is 138 cm³/mol. The van der Waals surface area contributed by atoms with E-state index in [1.807, 2.05) is 38.1 Å². The van der Waals surface area contributed by atoms with E-state index in [9.17, 15) is 9.90 Å². The minimum Gasteiger partial charge on any atom is -0.494 e. The number of carbonyl (C=O) groups excluding carboxylic acids is 1. The van der Waals surface area contributed by atoms with Crippen molar-refractivity contribution in [3.63, 3.8) is 0 Å². The molecule has 0 aliphatic heterocycles. The van der Waals surface area contributed by atoms with E-state index >= 15 is 0 Å². The Hall–Kier alpha value is -1.65. The van der Waals surface area contributed by atoms with E-state index < -0.39 is 5.79 Å². The number of carbonyl (C=O) groups is 1. The molecule has 0 radical (unpaired) electrons. The van der Waals surface area contributed by atoms with Gasteiger partial charge in [-0.3, -0.25) is 4.79 Å². The molecular formula is C31H44O4. The maximum Gasteiger partial charge on any atom is 0.169 e. The summed E-state index contributed by atoms with van der Waals surface area (Å²) in [5.74, 6) is 2.07. The van der Waals surface area contributed by atoms with Crippen molar-refractivity contribution >= 4 is 5.78 Å². The van der Waals surface area contributed by atoms with Gasteiger partial charge in [0.05, 0.1) is 13.2 Å². The molecule has 0 spiro atoms. The summed E-state index contributed by atoms with van der Waals surface area (Å²) in [5, 5.41) is 11.4. The third-order valence-electron chi connectivity index (χ3n) is 11.3. The number of hydrogen-bond acceptors (Lipinski definition) is 4. The molecule has 0 saturated heterocycles. The molecule has 0 bridgehead atoms. The van der Waals surface area contributed by atoms with Crippen molar-refractivity contribution in [3.05, 3.63) is 41.5 Å². The van der Waals surface area contributed by atoms with Crippen LogP contribution >= 0.6 is 0 Å². The van der Waals surface area contributed by atoms with Gasteiger partial charge in [-0.25, -0.2) is 0 Å². The fraction of sp³-hybridized carbons (Fsp3) is 0.710. The van der Waals surface area contributed by atoms with Crippen molar-refractivity contribution in [3.8, 4) is 5.75 Å². The molecule has 4 aliphatic carbocycles. The molecule has 1 unspecified atom stereocenters. The van der Waals surface area contributed by atoms with Crippen molar-refractivity contribution in [2.45, 2.75) is 98.4 Å². The topological polar surface area (TPSA) is 55.8 Å². The lowest BCUT2D eigenvalue weighted by atomic mass is 9.45. The van der Waals surface area contributed by atoms with Gasteiger partial charge >= 0.3 is 0 Å². The number of aliphatic hydroxyl groups is 1. The number of ether oxygens (including phenoxy) is 2. The molecule has 0 heterocycles. The molecule has 4 heteroatoms. The number of rotatable bonds is 6. The third-order valence-corrected chi connectivity index (χ3v) is 11.3. The highest BCUT2D eigenvalue weighted by Gasteiger charge is 2.64. The summed E-state index contributed by atoms with van der Waals surface area (Å²) in [6.07, 6.45) is 10.3. The van der Waals surface area contributed by atoms with E-state index in [-0.39, 0.29) is 16.2 Å². The van der Waals surface area contributed by atoms with Crippen molar-refractivity contribution in [1.29, 1.82) is 0 Å². The number of allylic oxidation sites excluding steroid dienone is 1. The van der Waals surface area contributed by atoms with Gasteiger partial charge in [0.15, 0.2) is 5.79 Å². The lowest BCUT2D eigenvalue weighted by Gasteiger charge is -2.60. The van der Waals surface area contributed by atoms with Crippen LogP contribution in [0.5, 0.6) is 5.75 Å². The van der Waals surface area contributed by atoms with Gasteiger partial charge in [-0.05, 0) is 98.7 Å². The van der Waals surface area contributed by atoms with Crippen LogP contribution in [0.3, 0.4) is 0 Å². The van der Waals surface area contributed by atoms with Crippen LogP contribution in [-0.4, -0.2) is 23.3 Å². The summed E-state index contributed by atoms with van der Waals surface area (Å²) in [5.41, 5.74) is 2.53. The zero-order valence-corrected chi connectivity index (χ0v) is 22.4. The van der Waals surface area contributed by atoms with Crippen LogP contribution in [0.15, 0.2) is 35.9 Å². The molecule has 0 amide bonds. The molecule has 5 rings (SSSR count). The Morgan fingerprint density at radius 1 is 1.03 bits per heavy atom. The smallest absolute Gasteiger partial charge is 0.169 e. The Bertz CT molecular complexity index is 998. The molecule has 35 heavy (non-hydrogen) atoms. The van der Waals surface area contributed by atoms with Crippen LogP contribution in [0, 0.1) is 34.0 Å². The first-order valence-corrected chi connectivity index (χ1v) is 13.8. The maximum absolute atomic E-state index is 12.7. The zero-order chi connectivity index (χ0) is 25.1. The first-order chi connectivity index (χ1) is 16.5. The molecule has 7 atom stereocenters. The monoisotopic (exact) mass is 480 g/mol. The Labute approximate surface area is 211 Å². The largest absolute Gasteiger partial charge is 0.494 e. The van der Waals surface area contributed by atoms with Crippen LogP contribution in [0.25, 0.3) is 0 Å². The normalized spacial score (nSPS) is 42.5. The van der Waals surface area contributed by atoms with Gasteiger partial charge in [-0.2, -0.15) is 0 Å². The van der Waals surface area contributed by atoms with Gasteiger partial charge in [-0.15, -0.1) is 0 Å². The van der Waals surface area contributed by atoms with Crippen LogP contribution in [0.2, 0.25) is 0 Å². The average Bonchev–Trinajstić information content (AvgIpc) is 3.11. The molecule has 3 saturated carbocycles. The van der Waals surface area contributed by atoms with Crippen LogP contribution in [0.4, 0.5) is 0 Å². The SMILES string of the molecule is CCOc1ccc(COC2(O)CC[C@@]3(C)C(=CC[C@@H]4[C@@H]3CC[C@@]3(C)[C@H]4CC[C@]3(C)C(C)=O)C2)cc1. The van der Waals surface area contributed by atoms with Crippen LogP contribution in [0.1, 0.15) is 91.5 Å². The average molecular weight is 481 g/mol. The van der Waals surface area contributed by atoms with E-state index in [4.69, 9.17) is 9.47 Å². The van der Waals surface area contributed by atoms with Gasteiger partial charge in [0.1, 0.15) is 11.5 Å². The van der Waals surface area contributed by atoms with E-state index in [0.29, 0.717) is 49.6 Å². The third kappa shape index (κ3) is 3.91. The number of ketones is 1. The van der Waals surface area contributed by atoms with E-state index in [1.165, 1.54) is 18.4 Å². The second kappa shape index (κ2) is 8.73. The highest BCUT2D eigenvalue weighted by atomic mass is 16.6. The van der Waals surface area contributed by atoms with Gasteiger partial charge in [0.25, 0.3) is 0 Å². The minimum absolute atomic E-state index is 0.123. The van der Waals surface area contributed by atoms with E-state index in [0.717, 1.165) is 37.0 Å². The summed E-state index contributed by atoms with van der Waals surface area (Å²) in [6.45, 7) is 12.0. The standard InChI is InChI=1S/C31H44O4/c1-6-34-24-10-7-22(8-11-24)20-35-31(33)18-17-28(3)23(19-31)9-12-25-26(28)13-16-30(5)27(25)14-15-29(30,4)21(2)32/h7-11,25-27,33H,6,12-20H2,1-5H3/t25-,26+,27+,28+,29-,30+,31?/m1/s1. The van der Waals surface area contributed by atoms with Crippen LogP contribution in [-0.2, 0) is 16.1 Å². The van der Waals surface area contributed by atoms with Crippen molar-refractivity contribution in [2.24, 2.45) is 34.0 Å². The number of Topliss-reactive ketones (excluding diaryl/α,β-unsaturated/α-hetero) is 1. The molecular weight excluding hydrogens is 436 g/mol. The van der Waals surface area contributed by atoms with Gasteiger partial charge in [-0.1, -0.05) is 44.6 Å². The second-order valence-corrected chi connectivity index (χ2v) is 12.6. The first kappa shape index (κ1) is 25.0. The predicted octanol–water partition coefficient (Wildman–Crippen LogP) is 6.85. The maximum atomic E-state index is 12.7. The van der Waals surface area contributed by atoms with Crippen molar-refractivity contribution in [2.75, 3.05) is 6.61 Å². The fourth-order valence-electron chi connectivity index (χ4n) is 8.65. The first-order valence-electron chi connectivity index (χ1n) is 13.8. The highest BCUT2D eigenvalue weighted by molar-refractivity contribution is 5.83. The summed E-state index contributed by atoms with van der Waals surface area (Å²) in [6, 6.07) is 7.96. The highest BCUT2D eigenvalue weighted by Crippen LogP contribution is 2.70. The molecule has 192 valence electrons. The summed E-state index contributed by atoms with van der Waals surface area (Å²) >= 11 is 0. The Balaban J connectivity index is 1.30. The van der Waals surface area contributed by atoms with E-state index in [1.54, 1.807) is 0 Å². The molecule has 1 aromatic rings. The fourth-order valence-corrected chi connectivity index (χ4v) is 8.65. The quantitative estimate of drug-likeness (QED) is 0.357. The molecule has 1 N–H and O–H groups in total. The van der Waals surface area contributed by atoms with Crippen LogP contribution < -0.4 is 4.74 Å². The summed E-state index contributed by atoms with van der Waals surface area (Å²) in [4.78, 5) is 12.7. The number of hydrogen-bond donors (Lipinski definition) is 1. The lowest BCUT2D eigenvalue weighted by molar-refractivity contribution is -0.231. The molecule has 3 fully saturated rings. The zero-order valence-electron chi connectivity index (χ0n) is 22.4. The number of fused-ring (bicyclic) bond motifs is 5. The molecule has 0 aromatic heterocycles.